The predicted molar refractivity (Wildman–Crippen MR) is 67.7 cm³/mol. The SMILES string of the molecule is CSc1ccc(CN2CCC(F)(F)CC2)cc1. The number of benzene rings is 1. The number of alkyl halides is 2. The zero-order valence-electron chi connectivity index (χ0n) is 9.96. The predicted octanol–water partition coefficient (Wildman–Crippen LogP) is 3.64. The third kappa shape index (κ3) is 3.68. The second-order valence-corrected chi connectivity index (χ2v) is 5.36. The van der Waals surface area contributed by atoms with Gasteiger partial charge in [-0.15, -0.1) is 11.8 Å². The van der Waals surface area contributed by atoms with E-state index in [0.29, 0.717) is 13.1 Å². The third-order valence-electron chi connectivity index (χ3n) is 3.15. The zero-order chi connectivity index (χ0) is 12.3. The summed E-state index contributed by atoms with van der Waals surface area (Å²) >= 11 is 1.71. The lowest BCUT2D eigenvalue weighted by molar-refractivity contribution is -0.0566. The Morgan fingerprint density at radius 2 is 1.76 bits per heavy atom. The summed E-state index contributed by atoms with van der Waals surface area (Å²) in [5.41, 5.74) is 1.20. The van der Waals surface area contributed by atoms with E-state index >= 15 is 0 Å². The van der Waals surface area contributed by atoms with Crippen LogP contribution < -0.4 is 0 Å². The zero-order valence-corrected chi connectivity index (χ0v) is 10.8. The molecule has 1 saturated heterocycles. The molecule has 1 aliphatic rings. The molecule has 0 saturated carbocycles. The van der Waals surface area contributed by atoms with Crippen molar-refractivity contribution >= 4 is 11.8 Å². The van der Waals surface area contributed by atoms with Crippen LogP contribution in [0.25, 0.3) is 0 Å². The number of rotatable bonds is 3. The van der Waals surface area contributed by atoms with Crippen LogP contribution in [0.1, 0.15) is 18.4 Å². The van der Waals surface area contributed by atoms with Crippen molar-refractivity contribution in [2.45, 2.75) is 30.2 Å². The summed E-state index contributed by atoms with van der Waals surface area (Å²) in [6.07, 6.45) is 2.04. The molecule has 4 heteroatoms. The van der Waals surface area contributed by atoms with Gasteiger partial charge in [-0.3, -0.25) is 4.90 Å². The highest BCUT2D eigenvalue weighted by Gasteiger charge is 2.33. The van der Waals surface area contributed by atoms with Gasteiger partial charge >= 0.3 is 0 Å². The molecule has 1 heterocycles. The second-order valence-electron chi connectivity index (χ2n) is 4.48. The molecule has 1 aromatic rings. The number of halogens is 2. The summed E-state index contributed by atoms with van der Waals surface area (Å²) in [7, 11) is 0. The fourth-order valence-corrected chi connectivity index (χ4v) is 2.44. The molecule has 0 aliphatic carbocycles. The van der Waals surface area contributed by atoms with Crippen LogP contribution in [0.15, 0.2) is 29.2 Å². The minimum absolute atomic E-state index is 0.00407. The highest BCUT2D eigenvalue weighted by Crippen LogP contribution is 2.28. The van der Waals surface area contributed by atoms with Gasteiger partial charge in [0.1, 0.15) is 0 Å². The van der Waals surface area contributed by atoms with Crippen LogP contribution in [-0.4, -0.2) is 30.2 Å². The number of hydrogen-bond acceptors (Lipinski definition) is 2. The highest BCUT2D eigenvalue weighted by atomic mass is 32.2. The van der Waals surface area contributed by atoms with Crippen LogP contribution in [0.4, 0.5) is 8.78 Å². The maximum absolute atomic E-state index is 13.0. The highest BCUT2D eigenvalue weighted by molar-refractivity contribution is 7.98. The molecular formula is C13H17F2NS. The van der Waals surface area contributed by atoms with Crippen molar-refractivity contribution in [3.8, 4) is 0 Å². The largest absolute Gasteiger partial charge is 0.299 e. The number of nitrogens with zero attached hydrogens (tertiary/aromatic N) is 1. The Hall–Kier alpha value is -0.610. The van der Waals surface area contributed by atoms with Gasteiger partial charge in [0.25, 0.3) is 5.92 Å². The average Bonchev–Trinajstić information content (AvgIpc) is 2.33. The van der Waals surface area contributed by atoms with E-state index in [1.54, 1.807) is 11.8 Å². The Labute approximate surface area is 105 Å². The lowest BCUT2D eigenvalue weighted by Gasteiger charge is -2.31. The van der Waals surface area contributed by atoms with E-state index in [9.17, 15) is 8.78 Å². The van der Waals surface area contributed by atoms with Crippen LogP contribution in [0, 0.1) is 0 Å². The lowest BCUT2D eigenvalue weighted by Crippen LogP contribution is -2.38. The average molecular weight is 257 g/mol. The van der Waals surface area contributed by atoms with Gasteiger partial charge in [-0.05, 0) is 24.0 Å². The molecule has 1 nitrogen and oxygen atoms in total. The van der Waals surface area contributed by atoms with Gasteiger partial charge < -0.3 is 0 Å². The Balaban J connectivity index is 1.89. The smallest absolute Gasteiger partial charge is 0.250 e. The van der Waals surface area contributed by atoms with E-state index in [-0.39, 0.29) is 12.8 Å². The fraction of sp³-hybridized carbons (Fsp3) is 0.538. The van der Waals surface area contributed by atoms with E-state index < -0.39 is 5.92 Å². The van der Waals surface area contributed by atoms with Gasteiger partial charge in [-0.2, -0.15) is 0 Å². The molecule has 0 spiro atoms. The molecule has 94 valence electrons. The molecule has 0 bridgehead atoms. The normalized spacial score (nSPS) is 20.4. The summed E-state index contributed by atoms with van der Waals surface area (Å²) in [5, 5.41) is 0. The first-order valence-electron chi connectivity index (χ1n) is 5.82. The van der Waals surface area contributed by atoms with Gasteiger partial charge in [0.15, 0.2) is 0 Å². The topological polar surface area (TPSA) is 3.24 Å². The molecule has 0 N–H and O–H groups in total. The lowest BCUT2D eigenvalue weighted by atomic mass is 10.1. The van der Waals surface area contributed by atoms with Crippen LogP contribution in [0.3, 0.4) is 0 Å². The summed E-state index contributed by atoms with van der Waals surface area (Å²) < 4.78 is 26.0. The monoisotopic (exact) mass is 257 g/mol. The van der Waals surface area contributed by atoms with Crippen LogP contribution >= 0.6 is 11.8 Å². The molecular weight excluding hydrogens is 240 g/mol. The van der Waals surface area contributed by atoms with Crippen molar-refractivity contribution in [3.63, 3.8) is 0 Å². The van der Waals surface area contributed by atoms with E-state index in [2.05, 4.69) is 29.2 Å². The quantitative estimate of drug-likeness (QED) is 0.761. The van der Waals surface area contributed by atoms with E-state index in [4.69, 9.17) is 0 Å². The van der Waals surface area contributed by atoms with E-state index in [0.717, 1.165) is 6.54 Å². The maximum Gasteiger partial charge on any atom is 0.250 e. The molecule has 1 aliphatic heterocycles. The summed E-state index contributed by atoms with van der Waals surface area (Å²) in [6.45, 7) is 1.78. The van der Waals surface area contributed by atoms with Gasteiger partial charge in [-0.25, -0.2) is 8.78 Å². The Morgan fingerprint density at radius 3 is 2.29 bits per heavy atom. The number of piperidine rings is 1. The molecule has 0 atom stereocenters. The van der Waals surface area contributed by atoms with Gasteiger partial charge in [0, 0.05) is 37.4 Å². The molecule has 0 unspecified atom stereocenters. The second kappa shape index (κ2) is 5.36. The molecule has 0 aromatic heterocycles. The molecule has 1 aromatic carbocycles. The molecule has 17 heavy (non-hydrogen) atoms. The van der Waals surface area contributed by atoms with Crippen molar-refractivity contribution in [2.75, 3.05) is 19.3 Å². The first-order chi connectivity index (χ1) is 8.09. The van der Waals surface area contributed by atoms with Crippen molar-refractivity contribution in [1.82, 2.24) is 4.90 Å². The summed E-state index contributed by atoms with van der Waals surface area (Å²) in [5.74, 6) is -2.45. The van der Waals surface area contributed by atoms with Gasteiger partial charge in [-0.1, -0.05) is 12.1 Å². The first-order valence-corrected chi connectivity index (χ1v) is 7.05. The van der Waals surface area contributed by atoms with Crippen LogP contribution in [-0.2, 0) is 6.54 Å². The van der Waals surface area contributed by atoms with Crippen molar-refractivity contribution < 1.29 is 8.78 Å². The molecule has 1 fully saturated rings. The number of thioether (sulfide) groups is 1. The summed E-state index contributed by atoms with van der Waals surface area (Å²) in [6, 6.07) is 8.33. The maximum atomic E-state index is 13.0. The Morgan fingerprint density at radius 1 is 1.18 bits per heavy atom. The Bertz CT molecular complexity index is 354. The molecule has 2 rings (SSSR count). The van der Waals surface area contributed by atoms with E-state index in [1.807, 2.05) is 6.26 Å². The van der Waals surface area contributed by atoms with Gasteiger partial charge in [0.05, 0.1) is 0 Å². The minimum atomic E-state index is -2.45. The van der Waals surface area contributed by atoms with Crippen molar-refractivity contribution in [1.29, 1.82) is 0 Å². The fourth-order valence-electron chi connectivity index (χ4n) is 2.03. The number of hydrogen-bond donors (Lipinski definition) is 0. The third-order valence-corrected chi connectivity index (χ3v) is 3.90. The summed E-state index contributed by atoms with van der Waals surface area (Å²) in [4.78, 5) is 3.34. The van der Waals surface area contributed by atoms with E-state index in [1.165, 1.54) is 10.5 Å². The first kappa shape index (κ1) is 12.8. The van der Waals surface area contributed by atoms with Crippen LogP contribution in [0.5, 0.6) is 0 Å². The van der Waals surface area contributed by atoms with Crippen molar-refractivity contribution in [2.24, 2.45) is 0 Å². The molecule has 0 radical (unpaired) electrons. The van der Waals surface area contributed by atoms with Gasteiger partial charge in [0.2, 0.25) is 0 Å². The number of likely N-dealkylation sites (tertiary alicyclic amines) is 1. The minimum Gasteiger partial charge on any atom is -0.299 e. The molecule has 0 amide bonds. The van der Waals surface area contributed by atoms with Crippen LogP contribution in [0.2, 0.25) is 0 Å². The van der Waals surface area contributed by atoms with Crippen molar-refractivity contribution in [3.05, 3.63) is 29.8 Å². The standard InChI is InChI=1S/C13H17F2NS/c1-17-12-4-2-11(3-5-12)10-16-8-6-13(14,15)7-9-16/h2-5H,6-10H2,1H3. The Kier molecular flexibility index (Phi) is 4.05.